The lowest BCUT2D eigenvalue weighted by molar-refractivity contribution is 0.0794. The van der Waals surface area contributed by atoms with Crippen LogP contribution in [0.3, 0.4) is 0 Å². The van der Waals surface area contributed by atoms with Crippen LogP contribution in [-0.4, -0.2) is 46.3 Å². The van der Waals surface area contributed by atoms with Gasteiger partial charge in [0.05, 0.1) is 24.2 Å². The number of hydrogen-bond acceptors (Lipinski definition) is 4. The monoisotopic (exact) mass is 303 g/mol. The van der Waals surface area contributed by atoms with E-state index in [4.69, 9.17) is 9.72 Å². The third-order valence-electron chi connectivity index (χ3n) is 4.74. The van der Waals surface area contributed by atoms with E-state index in [1.165, 1.54) is 19.3 Å². The van der Waals surface area contributed by atoms with Gasteiger partial charge in [0.25, 0.3) is 0 Å². The van der Waals surface area contributed by atoms with E-state index >= 15 is 0 Å². The minimum atomic E-state index is 0.232. The van der Waals surface area contributed by atoms with Crippen molar-refractivity contribution >= 4 is 11.0 Å². The SMILES string of the molecule is COc1ccc2nc(C(C)N3CCCCC3CCO)[nH]c2c1. The number of fused-ring (bicyclic) bond motifs is 1. The summed E-state index contributed by atoms with van der Waals surface area (Å²) in [5.74, 6) is 1.83. The Labute approximate surface area is 131 Å². The van der Waals surface area contributed by atoms with Crippen molar-refractivity contribution in [2.45, 2.75) is 44.7 Å². The Kier molecular flexibility index (Phi) is 4.64. The summed E-state index contributed by atoms with van der Waals surface area (Å²) in [7, 11) is 1.67. The second-order valence-corrected chi connectivity index (χ2v) is 6.08. The number of aliphatic hydroxyl groups is 1. The molecule has 0 radical (unpaired) electrons. The summed E-state index contributed by atoms with van der Waals surface area (Å²) in [6.45, 7) is 3.53. The average molecular weight is 303 g/mol. The number of H-pyrrole nitrogens is 1. The van der Waals surface area contributed by atoms with Crippen LogP contribution in [0.25, 0.3) is 11.0 Å². The van der Waals surface area contributed by atoms with E-state index in [1.807, 2.05) is 18.2 Å². The van der Waals surface area contributed by atoms with Crippen molar-refractivity contribution in [3.8, 4) is 5.75 Å². The minimum absolute atomic E-state index is 0.232. The number of aromatic amines is 1. The van der Waals surface area contributed by atoms with Gasteiger partial charge in [0.1, 0.15) is 11.6 Å². The summed E-state index contributed by atoms with van der Waals surface area (Å²) in [5.41, 5.74) is 1.98. The first-order valence-corrected chi connectivity index (χ1v) is 8.13. The Balaban J connectivity index is 1.85. The number of piperidine rings is 1. The second-order valence-electron chi connectivity index (χ2n) is 6.08. The lowest BCUT2D eigenvalue weighted by atomic mass is 9.97. The highest BCUT2D eigenvalue weighted by molar-refractivity contribution is 5.76. The topological polar surface area (TPSA) is 61.4 Å². The van der Waals surface area contributed by atoms with E-state index in [1.54, 1.807) is 7.11 Å². The summed E-state index contributed by atoms with van der Waals surface area (Å²) >= 11 is 0. The van der Waals surface area contributed by atoms with Crippen molar-refractivity contribution in [2.75, 3.05) is 20.3 Å². The van der Waals surface area contributed by atoms with Crippen LogP contribution in [-0.2, 0) is 0 Å². The maximum Gasteiger partial charge on any atom is 0.124 e. The molecule has 0 saturated carbocycles. The minimum Gasteiger partial charge on any atom is -0.497 e. The Morgan fingerprint density at radius 3 is 3.09 bits per heavy atom. The Morgan fingerprint density at radius 1 is 1.45 bits per heavy atom. The van der Waals surface area contributed by atoms with Gasteiger partial charge in [0.2, 0.25) is 0 Å². The van der Waals surface area contributed by atoms with Gasteiger partial charge in [-0.1, -0.05) is 6.42 Å². The zero-order chi connectivity index (χ0) is 15.5. The lowest BCUT2D eigenvalue weighted by Crippen LogP contribution is -2.41. The first-order chi connectivity index (χ1) is 10.7. The fraction of sp³-hybridized carbons (Fsp3) is 0.588. The number of ether oxygens (including phenoxy) is 1. The molecule has 1 aromatic heterocycles. The normalized spacial score (nSPS) is 21.1. The summed E-state index contributed by atoms with van der Waals surface area (Å²) in [4.78, 5) is 10.7. The second kappa shape index (κ2) is 6.67. The van der Waals surface area contributed by atoms with Crippen LogP contribution in [0.1, 0.15) is 44.5 Å². The molecule has 5 heteroatoms. The van der Waals surface area contributed by atoms with Gasteiger partial charge in [-0.3, -0.25) is 4.90 Å². The largest absolute Gasteiger partial charge is 0.497 e. The summed E-state index contributed by atoms with van der Waals surface area (Å²) in [6, 6.07) is 6.60. The molecule has 1 aliphatic heterocycles. The highest BCUT2D eigenvalue weighted by atomic mass is 16.5. The van der Waals surface area contributed by atoms with E-state index < -0.39 is 0 Å². The van der Waals surface area contributed by atoms with Crippen LogP contribution < -0.4 is 4.74 Å². The van der Waals surface area contributed by atoms with E-state index in [9.17, 15) is 5.11 Å². The van der Waals surface area contributed by atoms with Gasteiger partial charge in [-0.05, 0) is 44.9 Å². The van der Waals surface area contributed by atoms with E-state index in [-0.39, 0.29) is 12.6 Å². The van der Waals surface area contributed by atoms with E-state index in [2.05, 4.69) is 16.8 Å². The molecule has 2 heterocycles. The molecule has 5 nitrogen and oxygen atoms in total. The zero-order valence-electron chi connectivity index (χ0n) is 13.4. The number of rotatable bonds is 5. The number of aliphatic hydroxyl groups excluding tert-OH is 1. The van der Waals surface area contributed by atoms with Gasteiger partial charge in [-0.25, -0.2) is 4.98 Å². The molecule has 3 rings (SSSR count). The molecule has 2 N–H and O–H groups in total. The molecule has 2 aromatic rings. The van der Waals surface area contributed by atoms with Gasteiger partial charge >= 0.3 is 0 Å². The maximum atomic E-state index is 9.30. The smallest absolute Gasteiger partial charge is 0.124 e. The average Bonchev–Trinajstić information content (AvgIpc) is 2.98. The standard InChI is InChI=1S/C17H25N3O2/c1-12(20-9-4-3-5-13(20)8-10-21)17-18-15-7-6-14(22-2)11-16(15)19-17/h6-7,11-13,21H,3-5,8-10H2,1-2H3,(H,18,19). The van der Waals surface area contributed by atoms with Crippen molar-refractivity contribution in [2.24, 2.45) is 0 Å². The molecular formula is C17H25N3O2. The van der Waals surface area contributed by atoms with Crippen LogP contribution >= 0.6 is 0 Å². The predicted molar refractivity (Wildman–Crippen MR) is 87.1 cm³/mol. The first-order valence-electron chi connectivity index (χ1n) is 8.13. The molecule has 0 amide bonds. The number of likely N-dealkylation sites (tertiary alicyclic amines) is 1. The van der Waals surface area contributed by atoms with Gasteiger partial charge in [0, 0.05) is 18.7 Å². The number of imidazole rings is 1. The van der Waals surface area contributed by atoms with Crippen molar-refractivity contribution in [3.05, 3.63) is 24.0 Å². The molecule has 1 aromatic carbocycles. The molecule has 22 heavy (non-hydrogen) atoms. The Bertz CT molecular complexity index is 623. The molecule has 0 bridgehead atoms. The molecular weight excluding hydrogens is 278 g/mol. The van der Waals surface area contributed by atoms with Gasteiger partial charge in [-0.15, -0.1) is 0 Å². The summed E-state index contributed by atoms with van der Waals surface area (Å²) in [6.07, 6.45) is 4.49. The van der Waals surface area contributed by atoms with Crippen LogP contribution in [0, 0.1) is 0 Å². The molecule has 120 valence electrons. The molecule has 2 unspecified atom stereocenters. The lowest BCUT2D eigenvalue weighted by Gasteiger charge is -2.39. The zero-order valence-corrected chi connectivity index (χ0v) is 13.4. The van der Waals surface area contributed by atoms with Gasteiger partial charge < -0.3 is 14.8 Å². The van der Waals surface area contributed by atoms with Crippen LogP contribution in [0.15, 0.2) is 18.2 Å². The molecule has 1 aliphatic rings. The Morgan fingerprint density at radius 2 is 2.32 bits per heavy atom. The first kappa shape index (κ1) is 15.3. The predicted octanol–water partition coefficient (Wildman–Crippen LogP) is 2.87. The highest BCUT2D eigenvalue weighted by Gasteiger charge is 2.28. The third-order valence-corrected chi connectivity index (χ3v) is 4.74. The van der Waals surface area contributed by atoms with Gasteiger partial charge in [-0.2, -0.15) is 0 Å². The molecule has 2 atom stereocenters. The van der Waals surface area contributed by atoms with Crippen LogP contribution in [0.4, 0.5) is 0 Å². The quantitative estimate of drug-likeness (QED) is 0.891. The summed E-state index contributed by atoms with van der Waals surface area (Å²) in [5, 5.41) is 9.30. The van der Waals surface area contributed by atoms with Crippen LogP contribution in [0.5, 0.6) is 5.75 Å². The van der Waals surface area contributed by atoms with Crippen LogP contribution in [0.2, 0.25) is 0 Å². The molecule has 1 fully saturated rings. The third kappa shape index (κ3) is 2.96. The van der Waals surface area contributed by atoms with Gasteiger partial charge in [0.15, 0.2) is 0 Å². The number of nitrogens with zero attached hydrogens (tertiary/aromatic N) is 2. The van der Waals surface area contributed by atoms with E-state index in [0.717, 1.165) is 35.6 Å². The fourth-order valence-corrected chi connectivity index (χ4v) is 3.48. The maximum absolute atomic E-state index is 9.30. The number of nitrogens with one attached hydrogen (secondary N) is 1. The fourth-order valence-electron chi connectivity index (χ4n) is 3.48. The summed E-state index contributed by atoms with van der Waals surface area (Å²) < 4.78 is 5.27. The number of aromatic nitrogens is 2. The number of methoxy groups -OCH3 is 1. The molecule has 0 spiro atoms. The number of benzene rings is 1. The molecule has 1 saturated heterocycles. The Hall–Kier alpha value is -1.59. The highest BCUT2D eigenvalue weighted by Crippen LogP contribution is 2.30. The van der Waals surface area contributed by atoms with Crippen molar-refractivity contribution < 1.29 is 9.84 Å². The van der Waals surface area contributed by atoms with Crippen molar-refractivity contribution in [3.63, 3.8) is 0 Å². The number of hydrogen-bond donors (Lipinski definition) is 2. The van der Waals surface area contributed by atoms with Crippen molar-refractivity contribution in [1.29, 1.82) is 0 Å². The van der Waals surface area contributed by atoms with Crippen molar-refractivity contribution in [1.82, 2.24) is 14.9 Å². The molecule has 0 aliphatic carbocycles. The van der Waals surface area contributed by atoms with E-state index in [0.29, 0.717) is 6.04 Å².